The number of urea groups is 1. The molecule has 3 amide bonds. The molecule has 2 aliphatic heterocycles. The average molecular weight is 315 g/mol. The van der Waals surface area contributed by atoms with E-state index in [0.29, 0.717) is 13.0 Å². The van der Waals surface area contributed by atoms with E-state index < -0.39 is 0 Å². The van der Waals surface area contributed by atoms with Gasteiger partial charge in [0.15, 0.2) is 0 Å². The van der Waals surface area contributed by atoms with E-state index in [1.807, 2.05) is 36.1 Å². The number of anilines is 1. The van der Waals surface area contributed by atoms with Crippen LogP contribution in [0.3, 0.4) is 0 Å². The maximum Gasteiger partial charge on any atom is 0.317 e. The maximum atomic E-state index is 12.4. The molecular formula is C18H25N3O2. The molecule has 1 N–H and O–H groups in total. The molecule has 0 unspecified atom stereocenters. The molecule has 3 rings (SSSR count). The number of likely N-dealkylation sites (tertiary alicyclic amines) is 1. The summed E-state index contributed by atoms with van der Waals surface area (Å²) in [5.41, 5.74) is 2.08. The number of hydrogen-bond acceptors (Lipinski definition) is 2. The predicted octanol–water partition coefficient (Wildman–Crippen LogP) is 2.69. The number of carbonyl (C=O) groups excluding carboxylic acids is 2. The average Bonchev–Trinajstić information content (AvgIpc) is 2.76. The van der Waals surface area contributed by atoms with Gasteiger partial charge in [0.05, 0.1) is 6.04 Å². The number of amides is 3. The predicted molar refractivity (Wildman–Crippen MR) is 90.5 cm³/mol. The third kappa shape index (κ3) is 3.84. The van der Waals surface area contributed by atoms with E-state index in [1.165, 1.54) is 18.4 Å². The molecule has 0 bridgehead atoms. The highest BCUT2D eigenvalue weighted by Crippen LogP contribution is 2.22. The van der Waals surface area contributed by atoms with E-state index in [9.17, 15) is 9.59 Å². The Hall–Kier alpha value is -2.04. The van der Waals surface area contributed by atoms with Crippen molar-refractivity contribution in [2.45, 2.75) is 45.1 Å². The van der Waals surface area contributed by atoms with Crippen molar-refractivity contribution in [3.63, 3.8) is 0 Å². The summed E-state index contributed by atoms with van der Waals surface area (Å²) in [6, 6.07) is 7.82. The number of carbonyl (C=O) groups is 2. The quantitative estimate of drug-likeness (QED) is 0.912. The molecule has 5 heteroatoms. The van der Waals surface area contributed by atoms with Crippen molar-refractivity contribution in [2.75, 3.05) is 24.5 Å². The summed E-state index contributed by atoms with van der Waals surface area (Å²) in [7, 11) is 0. The van der Waals surface area contributed by atoms with Crippen LogP contribution in [0.2, 0.25) is 0 Å². The third-order valence-corrected chi connectivity index (χ3v) is 4.69. The lowest BCUT2D eigenvalue weighted by Gasteiger charge is -2.23. The Balaban J connectivity index is 1.58. The summed E-state index contributed by atoms with van der Waals surface area (Å²) in [5.74, 6) is 0.0787. The van der Waals surface area contributed by atoms with E-state index >= 15 is 0 Å². The van der Waals surface area contributed by atoms with Crippen LogP contribution in [-0.2, 0) is 4.79 Å². The van der Waals surface area contributed by atoms with E-state index in [2.05, 4.69) is 5.32 Å². The van der Waals surface area contributed by atoms with Crippen molar-refractivity contribution in [3.8, 4) is 0 Å². The van der Waals surface area contributed by atoms with Gasteiger partial charge in [-0.15, -0.1) is 0 Å². The van der Waals surface area contributed by atoms with Crippen LogP contribution in [0.25, 0.3) is 0 Å². The first-order valence-electron chi connectivity index (χ1n) is 8.56. The summed E-state index contributed by atoms with van der Waals surface area (Å²) < 4.78 is 0. The maximum absolute atomic E-state index is 12.4. The summed E-state index contributed by atoms with van der Waals surface area (Å²) in [6.07, 6.45) is 4.94. The molecule has 0 aliphatic carbocycles. The molecule has 124 valence electrons. The standard InChI is InChI=1S/C18H25N3O2/c1-14-6-8-16(9-7-14)21-13-15(12-17(21)22)19-18(23)20-10-4-2-3-5-11-20/h6-9,15H,2-5,10-13H2,1H3,(H,19,23)/t15-/m0/s1. The van der Waals surface area contributed by atoms with Crippen molar-refractivity contribution in [3.05, 3.63) is 29.8 Å². The summed E-state index contributed by atoms with van der Waals surface area (Å²) in [5, 5.41) is 3.04. The van der Waals surface area contributed by atoms with Crippen LogP contribution in [0.1, 0.15) is 37.7 Å². The smallest absolute Gasteiger partial charge is 0.317 e. The van der Waals surface area contributed by atoms with E-state index in [4.69, 9.17) is 0 Å². The fraction of sp³-hybridized carbons (Fsp3) is 0.556. The lowest BCUT2D eigenvalue weighted by molar-refractivity contribution is -0.117. The van der Waals surface area contributed by atoms with Gasteiger partial charge in [-0.25, -0.2) is 4.79 Å². The molecule has 0 saturated carbocycles. The van der Waals surface area contributed by atoms with Gasteiger partial charge in [0.25, 0.3) is 0 Å². The Kier molecular flexibility index (Phi) is 4.84. The number of aryl methyl sites for hydroxylation is 1. The monoisotopic (exact) mass is 315 g/mol. The van der Waals surface area contributed by atoms with Gasteiger partial charge in [0, 0.05) is 31.7 Å². The molecule has 0 aromatic heterocycles. The topological polar surface area (TPSA) is 52.7 Å². The highest BCUT2D eigenvalue weighted by molar-refractivity contribution is 5.96. The SMILES string of the molecule is Cc1ccc(N2C[C@@H](NC(=O)N3CCCCCC3)CC2=O)cc1. The van der Waals surface area contributed by atoms with Crippen molar-refractivity contribution in [2.24, 2.45) is 0 Å². The van der Waals surface area contributed by atoms with Crippen molar-refractivity contribution < 1.29 is 9.59 Å². The second kappa shape index (κ2) is 7.02. The van der Waals surface area contributed by atoms with E-state index in [-0.39, 0.29) is 18.0 Å². The first-order valence-corrected chi connectivity index (χ1v) is 8.56. The van der Waals surface area contributed by atoms with E-state index in [0.717, 1.165) is 31.6 Å². The number of hydrogen-bond donors (Lipinski definition) is 1. The van der Waals surface area contributed by atoms with Crippen LogP contribution in [0, 0.1) is 6.92 Å². The summed E-state index contributed by atoms with van der Waals surface area (Å²) in [6.45, 7) is 4.24. The molecule has 2 saturated heterocycles. The van der Waals surface area contributed by atoms with Crippen LogP contribution in [0.4, 0.5) is 10.5 Å². The van der Waals surface area contributed by atoms with Gasteiger partial charge < -0.3 is 15.1 Å². The molecule has 0 radical (unpaired) electrons. The Morgan fingerprint density at radius 1 is 1.09 bits per heavy atom. The molecule has 23 heavy (non-hydrogen) atoms. The minimum Gasteiger partial charge on any atom is -0.333 e. The fourth-order valence-corrected chi connectivity index (χ4v) is 3.32. The normalized spacial score (nSPS) is 22.1. The van der Waals surface area contributed by atoms with Crippen molar-refractivity contribution in [1.29, 1.82) is 0 Å². The highest BCUT2D eigenvalue weighted by atomic mass is 16.2. The number of benzene rings is 1. The molecule has 2 fully saturated rings. The van der Waals surface area contributed by atoms with Crippen LogP contribution in [-0.4, -0.2) is 42.5 Å². The molecule has 1 atom stereocenters. The lowest BCUT2D eigenvalue weighted by atomic mass is 10.2. The van der Waals surface area contributed by atoms with Crippen molar-refractivity contribution >= 4 is 17.6 Å². The Morgan fingerprint density at radius 2 is 1.74 bits per heavy atom. The van der Waals surface area contributed by atoms with Gasteiger partial charge in [-0.1, -0.05) is 30.5 Å². The van der Waals surface area contributed by atoms with Crippen LogP contribution in [0.15, 0.2) is 24.3 Å². The number of rotatable bonds is 2. The van der Waals surface area contributed by atoms with Gasteiger partial charge in [-0.3, -0.25) is 4.79 Å². The lowest BCUT2D eigenvalue weighted by Crippen LogP contribution is -2.46. The van der Waals surface area contributed by atoms with Crippen LogP contribution in [0.5, 0.6) is 0 Å². The van der Waals surface area contributed by atoms with Gasteiger partial charge in [0.1, 0.15) is 0 Å². The summed E-state index contributed by atoms with van der Waals surface area (Å²) in [4.78, 5) is 28.3. The first-order chi connectivity index (χ1) is 11.1. The minimum atomic E-state index is -0.0976. The number of nitrogens with one attached hydrogen (secondary N) is 1. The Labute approximate surface area is 137 Å². The van der Waals surface area contributed by atoms with Crippen molar-refractivity contribution in [1.82, 2.24) is 10.2 Å². The van der Waals surface area contributed by atoms with Gasteiger partial charge in [-0.2, -0.15) is 0 Å². The molecule has 2 aliphatic rings. The second-order valence-corrected chi connectivity index (χ2v) is 6.59. The largest absolute Gasteiger partial charge is 0.333 e. The highest BCUT2D eigenvalue weighted by Gasteiger charge is 2.32. The van der Waals surface area contributed by atoms with Crippen LogP contribution >= 0.6 is 0 Å². The second-order valence-electron chi connectivity index (χ2n) is 6.59. The van der Waals surface area contributed by atoms with Gasteiger partial charge >= 0.3 is 6.03 Å². The summed E-state index contributed by atoms with van der Waals surface area (Å²) >= 11 is 0. The zero-order chi connectivity index (χ0) is 16.2. The molecular weight excluding hydrogens is 290 g/mol. The van der Waals surface area contributed by atoms with Gasteiger partial charge in [0.2, 0.25) is 5.91 Å². The molecule has 1 aromatic carbocycles. The molecule has 0 spiro atoms. The number of nitrogens with zero attached hydrogens (tertiary/aromatic N) is 2. The van der Waals surface area contributed by atoms with Gasteiger partial charge in [-0.05, 0) is 31.9 Å². The van der Waals surface area contributed by atoms with E-state index in [1.54, 1.807) is 4.90 Å². The minimum absolute atomic E-state index is 0.0181. The van der Waals surface area contributed by atoms with Crippen LogP contribution < -0.4 is 10.2 Å². The molecule has 1 aromatic rings. The zero-order valence-corrected chi connectivity index (χ0v) is 13.8. The Bertz CT molecular complexity index is 562. The Morgan fingerprint density at radius 3 is 2.39 bits per heavy atom. The first kappa shape index (κ1) is 15.8. The molecule has 2 heterocycles. The third-order valence-electron chi connectivity index (χ3n) is 4.69. The molecule has 5 nitrogen and oxygen atoms in total. The fourth-order valence-electron chi connectivity index (χ4n) is 3.32. The zero-order valence-electron chi connectivity index (χ0n) is 13.8.